The molecule has 0 aliphatic carbocycles. The van der Waals surface area contributed by atoms with Crippen LogP contribution in [0.15, 0.2) is 48.8 Å². The van der Waals surface area contributed by atoms with Crippen LogP contribution >= 0.6 is 0 Å². The zero-order chi connectivity index (χ0) is 14.5. The summed E-state index contributed by atoms with van der Waals surface area (Å²) in [6, 6.07) is 12.7. The quantitative estimate of drug-likeness (QED) is 0.915. The molecule has 1 aromatic heterocycles. The molecule has 1 aliphatic rings. The van der Waals surface area contributed by atoms with E-state index in [1.807, 2.05) is 24.5 Å². The van der Waals surface area contributed by atoms with Gasteiger partial charge in [-0.3, -0.25) is 4.98 Å². The minimum atomic E-state index is 0.223. The monoisotopic (exact) mass is 282 g/mol. The van der Waals surface area contributed by atoms with Gasteiger partial charge in [0.15, 0.2) is 0 Å². The highest BCUT2D eigenvalue weighted by molar-refractivity contribution is 5.37. The molecule has 2 aromatic rings. The maximum Gasteiger partial charge on any atom is 0.122 e. The van der Waals surface area contributed by atoms with Crippen molar-refractivity contribution in [2.75, 3.05) is 6.61 Å². The molecule has 1 aliphatic heterocycles. The highest BCUT2D eigenvalue weighted by Crippen LogP contribution is 2.36. The fourth-order valence-corrected chi connectivity index (χ4v) is 3.04. The fourth-order valence-electron chi connectivity index (χ4n) is 3.04. The number of nitrogens with zero attached hydrogens (tertiary/aromatic N) is 1. The maximum absolute atomic E-state index is 6.35. The molecule has 2 atom stereocenters. The van der Waals surface area contributed by atoms with Gasteiger partial charge < -0.3 is 10.5 Å². The number of pyridine rings is 1. The smallest absolute Gasteiger partial charge is 0.122 e. The van der Waals surface area contributed by atoms with Gasteiger partial charge in [0.25, 0.3) is 0 Å². The maximum atomic E-state index is 6.35. The molecule has 3 heteroatoms. The summed E-state index contributed by atoms with van der Waals surface area (Å²) in [5.41, 5.74) is 8.93. The zero-order valence-corrected chi connectivity index (χ0v) is 12.2. The van der Waals surface area contributed by atoms with Crippen molar-refractivity contribution in [1.29, 1.82) is 0 Å². The number of aryl methyl sites for hydroxylation is 1. The van der Waals surface area contributed by atoms with Crippen LogP contribution < -0.4 is 10.5 Å². The highest BCUT2D eigenvalue weighted by Gasteiger charge is 2.22. The van der Waals surface area contributed by atoms with Gasteiger partial charge in [-0.1, -0.05) is 24.3 Å². The lowest BCUT2D eigenvalue weighted by Crippen LogP contribution is -2.26. The van der Waals surface area contributed by atoms with Gasteiger partial charge in [-0.15, -0.1) is 0 Å². The third kappa shape index (κ3) is 3.61. The van der Waals surface area contributed by atoms with Crippen LogP contribution in [-0.4, -0.2) is 17.6 Å². The lowest BCUT2D eigenvalue weighted by Gasteiger charge is -2.27. The van der Waals surface area contributed by atoms with Crippen LogP contribution in [0, 0.1) is 0 Å². The SMILES string of the molecule is NC(CCc1cccnc1)CC1CCOc2ccccc21. The van der Waals surface area contributed by atoms with Gasteiger partial charge in [0.05, 0.1) is 6.61 Å². The molecule has 2 heterocycles. The van der Waals surface area contributed by atoms with E-state index < -0.39 is 0 Å². The standard InChI is InChI=1S/C18H22N2O/c19-16(8-7-14-4-3-10-20-13-14)12-15-9-11-21-18-6-2-1-5-17(15)18/h1-6,10,13,15-16H,7-9,11-12,19H2. The Bertz CT molecular complexity index is 570. The molecule has 3 nitrogen and oxygen atoms in total. The molecule has 0 radical (unpaired) electrons. The van der Waals surface area contributed by atoms with Crippen LogP contribution in [0.5, 0.6) is 5.75 Å². The van der Waals surface area contributed by atoms with Crippen molar-refractivity contribution in [2.24, 2.45) is 5.73 Å². The Hall–Kier alpha value is -1.87. The van der Waals surface area contributed by atoms with E-state index in [0.717, 1.165) is 38.0 Å². The van der Waals surface area contributed by atoms with Gasteiger partial charge >= 0.3 is 0 Å². The molecular weight excluding hydrogens is 260 g/mol. The lowest BCUT2D eigenvalue weighted by atomic mass is 9.86. The first-order valence-electron chi connectivity index (χ1n) is 7.69. The minimum absolute atomic E-state index is 0.223. The third-order valence-corrected chi connectivity index (χ3v) is 4.20. The molecule has 0 saturated heterocycles. The van der Waals surface area contributed by atoms with E-state index in [1.54, 1.807) is 0 Å². The van der Waals surface area contributed by atoms with Crippen LogP contribution in [0.4, 0.5) is 0 Å². The van der Waals surface area contributed by atoms with Crippen LogP contribution in [-0.2, 0) is 6.42 Å². The van der Waals surface area contributed by atoms with Crippen molar-refractivity contribution < 1.29 is 4.74 Å². The summed E-state index contributed by atoms with van der Waals surface area (Å²) < 4.78 is 5.72. The van der Waals surface area contributed by atoms with Crippen molar-refractivity contribution in [3.8, 4) is 5.75 Å². The van der Waals surface area contributed by atoms with Gasteiger partial charge in [0.2, 0.25) is 0 Å². The largest absolute Gasteiger partial charge is 0.493 e. The molecule has 1 aromatic carbocycles. The number of nitrogens with two attached hydrogens (primary N) is 1. The zero-order valence-electron chi connectivity index (χ0n) is 12.2. The Balaban J connectivity index is 1.57. The number of fused-ring (bicyclic) bond motifs is 1. The molecule has 0 saturated carbocycles. The number of aromatic nitrogens is 1. The molecule has 0 bridgehead atoms. The molecule has 0 amide bonds. The summed E-state index contributed by atoms with van der Waals surface area (Å²) in [6.07, 6.45) is 7.84. The summed E-state index contributed by atoms with van der Waals surface area (Å²) in [4.78, 5) is 4.15. The van der Waals surface area contributed by atoms with E-state index in [1.165, 1.54) is 11.1 Å². The summed E-state index contributed by atoms with van der Waals surface area (Å²) in [5.74, 6) is 1.56. The molecule has 110 valence electrons. The Morgan fingerprint density at radius 3 is 3.00 bits per heavy atom. The first kappa shape index (κ1) is 14.1. The first-order valence-corrected chi connectivity index (χ1v) is 7.69. The van der Waals surface area contributed by atoms with Gasteiger partial charge in [-0.05, 0) is 54.9 Å². The number of hydrogen-bond donors (Lipinski definition) is 1. The topological polar surface area (TPSA) is 48.1 Å². The molecular formula is C18H22N2O. The Labute approximate surface area is 126 Å². The van der Waals surface area contributed by atoms with E-state index in [4.69, 9.17) is 10.5 Å². The Kier molecular flexibility index (Phi) is 4.51. The third-order valence-electron chi connectivity index (χ3n) is 4.20. The van der Waals surface area contributed by atoms with Crippen molar-refractivity contribution >= 4 is 0 Å². The summed E-state index contributed by atoms with van der Waals surface area (Å²) in [7, 11) is 0. The highest BCUT2D eigenvalue weighted by atomic mass is 16.5. The summed E-state index contributed by atoms with van der Waals surface area (Å²) >= 11 is 0. The van der Waals surface area contributed by atoms with Crippen LogP contribution in [0.25, 0.3) is 0 Å². The van der Waals surface area contributed by atoms with Crippen LogP contribution in [0.2, 0.25) is 0 Å². The normalized spacial score (nSPS) is 18.6. The van der Waals surface area contributed by atoms with Crippen molar-refractivity contribution in [2.45, 2.75) is 37.6 Å². The Morgan fingerprint density at radius 1 is 1.24 bits per heavy atom. The molecule has 0 fully saturated rings. The van der Waals surface area contributed by atoms with Crippen LogP contribution in [0.1, 0.15) is 36.3 Å². The van der Waals surface area contributed by atoms with Gasteiger partial charge in [0, 0.05) is 18.4 Å². The van der Waals surface area contributed by atoms with E-state index in [-0.39, 0.29) is 6.04 Å². The van der Waals surface area contributed by atoms with Crippen LogP contribution in [0.3, 0.4) is 0 Å². The average molecular weight is 282 g/mol. The number of rotatable bonds is 5. The number of para-hydroxylation sites is 1. The molecule has 3 rings (SSSR count). The molecule has 0 spiro atoms. The number of ether oxygens (including phenoxy) is 1. The summed E-state index contributed by atoms with van der Waals surface area (Å²) in [5, 5.41) is 0. The Morgan fingerprint density at radius 2 is 2.14 bits per heavy atom. The van der Waals surface area contributed by atoms with Gasteiger partial charge in [-0.25, -0.2) is 0 Å². The lowest BCUT2D eigenvalue weighted by molar-refractivity contribution is 0.258. The number of benzene rings is 1. The van der Waals surface area contributed by atoms with Gasteiger partial charge in [0.1, 0.15) is 5.75 Å². The second-order valence-electron chi connectivity index (χ2n) is 5.77. The average Bonchev–Trinajstić information content (AvgIpc) is 2.54. The molecule has 2 N–H and O–H groups in total. The first-order chi connectivity index (χ1) is 10.3. The van der Waals surface area contributed by atoms with Crippen molar-refractivity contribution in [3.63, 3.8) is 0 Å². The van der Waals surface area contributed by atoms with E-state index in [9.17, 15) is 0 Å². The number of hydrogen-bond acceptors (Lipinski definition) is 3. The van der Waals surface area contributed by atoms with E-state index in [2.05, 4.69) is 29.2 Å². The molecule has 2 unspecified atom stereocenters. The second-order valence-corrected chi connectivity index (χ2v) is 5.77. The predicted octanol–water partition coefficient (Wildman–Crippen LogP) is 3.30. The molecule has 21 heavy (non-hydrogen) atoms. The summed E-state index contributed by atoms with van der Waals surface area (Å²) in [6.45, 7) is 0.803. The van der Waals surface area contributed by atoms with E-state index >= 15 is 0 Å². The van der Waals surface area contributed by atoms with E-state index in [0.29, 0.717) is 5.92 Å². The fraction of sp³-hybridized carbons (Fsp3) is 0.389. The minimum Gasteiger partial charge on any atom is -0.493 e. The second kappa shape index (κ2) is 6.72. The van der Waals surface area contributed by atoms with Crippen molar-refractivity contribution in [1.82, 2.24) is 4.98 Å². The van der Waals surface area contributed by atoms with Gasteiger partial charge in [-0.2, -0.15) is 0 Å². The predicted molar refractivity (Wildman–Crippen MR) is 84.4 cm³/mol. The van der Waals surface area contributed by atoms with Crippen molar-refractivity contribution in [3.05, 3.63) is 59.9 Å².